The van der Waals surface area contributed by atoms with Crippen molar-refractivity contribution >= 4 is 5.91 Å². The standard InChI is InChI=1S/C22H17F2N3O2/c1-13-3-4-14(2)19(7-13)29-20-6-5-15(11-26-20)12-27-22(28)21-17(23)8-16(10-25)9-18(21)24/h3-9,11H,12H2,1-2H3,(H,27,28). The minimum Gasteiger partial charge on any atom is -0.439 e. The Hall–Kier alpha value is -3.79. The van der Waals surface area contributed by atoms with E-state index >= 15 is 0 Å². The van der Waals surface area contributed by atoms with Gasteiger partial charge in [-0.3, -0.25) is 4.79 Å². The van der Waals surface area contributed by atoms with Crippen molar-refractivity contribution in [3.8, 4) is 17.7 Å². The highest BCUT2D eigenvalue weighted by molar-refractivity contribution is 5.94. The van der Waals surface area contributed by atoms with Crippen LogP contribution in [-0.2, 0) is 6.54 Å². The average molecular weight is 393 g/mol. The molecule has 5 nitrogen and oxygen atoms in total. The zero-order valence-corrected chi connectivity index (χ0v) is 15.8. The highest BCUT2D eigenvalue weighted by atomic mass is 19.1. The van der Waals surface area contributed by atoms with Crippen molar-refractivity contribution in [1.29, 1.82) is 5.26 Å². The Bertz CT molecular complexity index is 1080. The summed E-state index contributed by atoms with van der Waals surface area (Å²) in [6, 6.07) is 12.5. The van der Waals surface area contributed by atoms with Gasteiger partial charge >= 0.3 is 0 Å². The van der Waals surface area contributed by atoms with Crippen molar-refractivity contribution in [3.63, 3.8) is 0 Å². The lowest BCUT2D eigenvalue weighted by atomic mass is 10.1. The number of nitrogens with one attached hydrogen (secondary N) is 1. The van der Waals surface area contributed by atoms with Gasteiger partial charge in [0, 0.05) is 18.8 Å². The quantitative estimate of drug-likeness (QED) is 0.689. The van der Waals surface area contributed by atoms with Gasteiger partial charge in [0.1, 0.15) is 22.9 Å². The van der Waals surface area contributed by atoms with Gasteiger partial charge in [-0.2, -0.15) is 5.26 Å². The third-order valence-electron chi connectivity index (χ3n) is 4.21. The minimum absolute atomic E-state index is 0.0223. The van der Waals surface area contributed by atoms with Crippen molar-refractivity contribution in [3.05, 3.63) is 88.1 Å². The van der Waals surface area contributed by atoms with E-state index in [0.717, 1.165) is 23.3 Å². The van der Waals surface area contributed by atoms with E-state index in [4.69, 9.17) is 10.00 Å². The second kappa shape index (κ2) is 8.48. The maximum absolute atomic E-state index is 13.9. The molecule has 0 atom stereocenters. The van der Waals surface area contributed by atoms with Crippen LogP contribution in [0, 0.1) is 36.8 Å². The molecule has 1 N–H and O–H groups in total. The maximum atomic E-state index is 13.9. The Morgan fingerprint density at radius 1 is 1.14 bits per heavy atom. The molecule has 7 heteroatoms. The molecule has 3 rings (SSSR count). The van der Waals surface area contributed by atoms with Crippen molar-refractivity contribution in [2.45, 2.75) is 20.4 Å². The predicted octanol–water partition coefficient (Wildman–Crippen LogP) is 4.57. The van der Waals surface area contributed by atoms with Gasteiger partial charge in [-0.15, -0.1) is 0 Å². The number of rotatable bonds is 5. The molecular formula is C22H17F2N3O2. The Morgan fingerprint density at radius 3 is 2.48 bits per heavy atom. The number of carbonyl (C=O) groups is 1. The Kier molecular flexibility index (Phi) is 5.84. The molecule has 146 valence electrons. The number of hydrogen-bond donors (Lipinski definition) is 1. The van der Waals surface area contributed by atoms with Crippen molar-refractivity contribution in [2.24, 2.45) is 0 Å². The lowest BCUT2D eigenvalue weighted by Gasteiger charge is -2.10. The number of halogens is 2. The van der Waals surface area contributed by atoms with E-state index < -0.39 is 23.1 Å². The van der Waals surface area contributed by atoms with Crippen LogP contribution in [0.3, 0.4) is 0 Å². The van der Waals surface area contributed by atoms with E-state index in [2.05, 4.69) is 10.3 Å². The van der Waals surface area contributed by atoms with Gasteiger partial charge < -0.3 is 10.1 Å². The van der Waals surface area contributed by atoms with Gasteiger partial charge in [-0.1, -0.05) is 18.2 Å². The number of ether oxygens (including phenoxy) is 1. The van der Waals surface area contributed by atoms with E-state index in [9.17, 15) is 13.6 Å². The fourth-order valence-electron chi connectivity index (χ4n) is 2.63. The summed E-state index contributed by atoms with van der Waals surface area (Å²) in [7, 11) is 0. The highest BCUT2D eigenvalue weighted by Crippen LogP contribution is 2.24. The van der Waals surface area contributed by atoms with Gasteiger partial charge in [0.25, 0.3) is 5.91 Å². The van der Waals surface area contributed by atoms with Crippen LogP contribution in [0.2, 0.25) is 0 Å². The number of nitrogens with zero attached hydrogens (tertiary/aromatic N) is 2. The fourth-order valence-corrected chi connectivity index (χ4v) is 2.63. The summed E-state index contributed by atoms with van der Waals surface area (Å²) in [5.41, 5.74) is 1.74. The minimum atomic E-state index is -1.09. The molecule has 0 aliphatic rings. The smallest absolute Gasteiger partial charge is 0.257 e. The molecule has 1 amide bonds. The Morgan fingerprint density at radius 2 is 1.86 bits per heavy atom. The van der Waals surface area contributed by atoms with Crippen LogP contribution in [0.25, 0.3) is 0 Å². The van der Waals surface area contributed by atoms with E-state index in [0.29, 0.717) is 17.2 Å². The van der Waals surface area contributed by atoms with E-state index in [-0.39, 0.29) is 12.1 Å². The van der Waals surface area contributed by atoms with Gasteiger partial charge in [0.15, 0.2) is 0 Å². The summed E-state index contributed by atoms with van der Waals surface area (Å²) in [6.45, 7) is 3.92. The average Bonchev–Trinajstić information content (AvgIpc) is 2.69. The molecule has 2 aromatic carbocycles. The van der Waals surface area contributed by atoms with Crippen LogP contribution in [0.5, 0.6) is 11.6 Å². The molecule has 0 unspecified atom stereocenters. The molecule has 0 bridgehead atoms. The molecule has 0 aliphatic carbocycles. The van der Waals surface area contributed by atoms with Crippen LogP contribution in [-0.4, -0.2) is 10.9 Å². The normalized spacial score (nSPS) is 10.3. The SMILES string of the molecule is Cc1ccc(C)c(Oc2ccc(CNC(=O)c3c(F)cc(C#N)cc3F)cn2)c1. The molecule has 3 aromatic rings. The number of nitriles is 1. The lowest BCUT2D eigenvalue weighted by molar-refractivity contribution is 0.0942. The summed E-state index contributed by atoms with van der Waals surface area (Å²) in [4.78, 5) is 16.3. The number of benzene rings is 2. The van der Waals surface area contributed by atoms with Crippen molar-refractivity contribution in [2.75, 3.05) is 0 Å². The van der Waals surface area contributed by atoms with Gasteiger partial charge in [0.2, 0.25) is 5.88 Å². The molecule has 0 fully saturated rings. The van der Waals surface area contributed by atoms with Crippen LogP contribution >= 0.6 is 0 Å². The van der Waals surface area contributed by atoms with Gasteiger partial charge in [0.05, 0.1) is 11.6 Å². The Labute approximate surface area is 166 Å². The number of hydrogen-bond acceptors (Lipinski definition) is 4. The number of amides is 1. The molecule has 1 aromatic heterocycles. The topological polar surface area (TPSA) is 75.0 Å². The van der Waals surface area contributed by atoms with Crippen LogP contribution in [0.1, 0.15) is 32.6 Å². The zero-order valence-electron chi connectivity index (χ0n) is 15.8. The monoisotopic (exact) mass is 393 g/mol. The number of aryl methyl sites for hydroxylation is 2. The van der Waals surface area contributed by atoms with Crippen LogP contribution < -0.4 is 10.1 Å². The molecule has 0 saturated heterocycles. The second-order valence-electron chi connectivity index (χ2n) is 6.49. The van der Waals surface area contributed by atoms with Crippen LogP contribution in [0.15, 0.2) is 48.7 Å². The first kappa shape index (κ1) is 20.0. The van der Waals surface area contributed by atoms with E-state index in [1.807, 2.05) is 32.0 Å². The third-order valence-corrected chi connectivity index (χ3v) is 4.21. The number of aromatic nitrogens is 1. The Balaban J connectivity index is 1.66. The van der Waals surface area contributed by atoms with Crippen LogP contribution in [0.4, 0.5) is 8.78 Å². The maximum Gasteiger partial charge on any atom is 0.257 e. The first-order valence-corrected chi connectivity index (χ1v) is 8.74. The summed E-state index contributed by atoms with van der Waals surface area (Å²) in [5.74, 6) is -2.01. The lowest BCUT2D eigenvalue weighted by Crippen LogP contribution is -2.25. The van der Waals surface area contributed by atoms with E-state index in [1.165, 1.54) is 6.20 Å². The zero-order chi connectivity index (χ0) is 21.0. The summed E-state index contributed by atoms with van der Waals surface area (Å²) < 4.78 is 33.6. The molecule has 1 heterocycles. The number of pyridine rings is 1. The first-order chi connectivity index (χ1) is 13.9. The molecule has 0 aliphatic heterocycles. The molecule has 0 spiro atoms. The first-order valence-electron chi connectivity index (χ1n) is 8.74. The summed E-state index contributed by atoms with van der Waals surface area (Å²) >= 11 is 0. The van der Waals surface area contributed by atoms with Gasteiger partial charge in [-0.05, 0) is 48.7 Å². The fraction of sp³-hybridized carbons (Fsp3) is 0.136. The largest absolute Gasteiger partial charge is 0.439 e. The second-order valence-corrected chi connectivity index (χ2v) is 6.49. The van der Waals surface area contributed by atoms with Crippen molar-refractivity contribution in [1.82, 2.24) is 10.3 Å². The van der Waals surface area contributed by atoms with Gasteiger partial charge in [-0.25, -0.2) is 13.8 Å². The summed E-state index contributed by atoms with van der Waals surface area (Å²) in [6.07, 6.45) is 1.51. The molecule has 0 saturated carbocycles. The summed E-state index contributed by atoms with van der Waals surface area (Å²) in [5, 5.41) is 11.1. The molecular weight excluding hydrogens is 376 g/mol. The highest BCUT2D eigenvalue weighted by Gasteiger charge is 2.18. The number of carbonyl (C=O) groups excluding carboxylic acids is 1. The van der Waals surface area contributed by atoms with Crippen molar-refractivity contribution < 1.29 is 18.3 Å². The van der Waals surface area contributed by atoms with E-state index in [1.54, 1.807) is 18.2 Å². The molecule has 29 heavy (non-hydrogen) atoms. The molecule has 0 radical (unpaired) electrons. The predicted molar refractivity (Wildman–Crippen MR) is 102 cm³/mol. The third kappa shape index (κ3) is 4.74.